The predicted molar refractivity (Wildman–Crippen MR) is 95.8 cm³/mol. The summed E-state index contributed by atoms with van der Waals surface area (Å²) in [6.07, 6.45) is 0. The minimum atomic E-state index is -0.789. The lowest BCUT2D eigenvalue weighted by Gasteiger charge is -2.44. The second-order valence-corrected chi connectivity index (χ2v) is 8.75. The van der Waals surface area contributed by atoms with E-state index in [1.165, 1.54) is 0 Å². The van der Waals surface area contributed by atoms with Gasteiger partial charge in [-0.25, -0.2) is 0 Å². The fraction of sp³-hybridized carbons (Fsp3) is 1.00. The smallest absolute Gasteiger partial charge is 0.175 e. The van der Waals surface area contributed by atoms with Crippen LogP contribution in [-0.4, -0.2) is 97.1 Å². The van der Waals surface area contributed by atoms with E-state index >= 15 is 0 Å². The molecule has 2 rings (SSSR count). The van der Waals surface area contributed by atoms with E-state index in [9.17, 15) is 0 Å². The number of nitrogens with zero attached hydrogens (tertiary/aromatic N) is 4. The van der Waals surface area contributed by atoms with Crippen molar-refractivity contribution in [3.8, 4) is 0 Å². The van der Waals surface area contributed by atoms with Crippen LogP contribution in [0, 0.1) is 11.8 Å². The van der Waals surface area contributed by atoms with Gasteiger partial charge in [-0.2, -0.15) is 0 Å². The highest BCUT2D eigenvalue weighted by molar-refractivity contribution is 6.48. The highest BCUT2D eigenvalue weighted by atomic mass is 35.5. The van der Waals surface area contributed by atoms with Crippen molar-refractivity contribution in [3.63, 3.8) is 0 Å². The van der Waals surface area contributed by atoms with Crippen molar-refractivity contribution in [1.29, 1.82) is 0 Å². The third-order valence-electron chi connectivity index (χ3n) is 5.03. The van der Waals surface area contributed by atoms with Crippen LogP contribution in [0.25, 0.3) is 0 Å². The first kappa shape index (κ1) is 18.8. The number of likely N-dealkylation sites (N-methyl/N-ethyl adjacent to an activating group) is 2. The molecule has 0 radical (unpaired) electrons. The number of halogens is 2. The Kier molecular flexibility index (Phi) is 6.82. The Balaban J connectivity index is 2.20. The Morgan fingerprint density at radius 1 is 0.773 bits per heavy atom. The van der Waals surface area contributed by atoms with Gasteiger partial charge in [0.2, 0.25) is 0 Å². The Hall–Kier alpha value is 0.420. The zero-order valence-electron chi connectivity index (χ0n) is 14.6. The van der Waals surface area contributed by atoms with Crippen molar-refractivity contribution in [1.82, 2.24) is 19.6 Å². The van der Waals surface area contributed by atoms with Gasteiger partial charge in [-0.3, -0.25) is 4.90 Å². The molecule has 2 heterocycles. The predicted octanol–water partition coefficient (Wildman–Crippen LogP) is 1.88. The Bertz CT molecular complexity index is 353. The normalized spacial score (nSPS) is 39.5. The van der Waals surface area contributed by atoms with Crippen molar-refractivity contribution in [2.24, 2.45) is 11.8 Å². The fourth-order valence-electron chi connectivity index (χ4n) is 3.67. The van der Waals surface area contributed by atoms with Gasteiger partial charge in [0, 0.05) is 64.8 Å². The maximum atomic E-state index is 6.81. The highest BCUT2D eigenvalue weighted by Crippen LogP contribution is 2.35. The van der Waals surface area contributed by atoms with E-state index in [1.807, 2.05) is 0 Å². The molecule has 130 valence electrons. The van der Waals surface area contributed by atoms with Crippen LogP contribution >= 0.6 is 23.2 Å². The van der Waals surface area contributed by atoms with E-state index in [0.717, 1.165) is 58.9 Å². The van der Waals surface area contributed by atoms with E-state index in [0.29, 0.717) is 5.92 Å². The molecule has 2 fully saturated rings. The molecule has 4 unspecified atom stereocenters. The minimum Gasteiger partial charge on any atom is -0.305 e. The van der Waals surface area contributed by atoms with Crippen LogP contribution < -0.4 is 0 Å². The summed E-state index contributed by atoms with van der Waals surface area (Å²) in [5.74, 6) is 0.917. The van der Waals surface area contributed by atoms with Gasteiger partial charge >= 0.3 is 0 Å². The number of hydrogen-bond acceptors (Lipinski definition) is 4. The van der Waals surface area contributed by atoms with Gasteiger partial charge in [-0.15, -0.1) is 0 Å². The van der Waals surface area contributed by atoms with E-state index in [4.69, 9.17) is 23.2 Å². The average molecular weight is 351 g/mol. The van der Waals surface area contributed by atoms with E-state index in [-0.39, 0.29) is 5.92 Å². The van der Waals surface area contributed by atoms with Crippen LogP contribution in [0.5, 0.6) is 0 Å². The molecule has 0 spiro atoms. The molecule has 0 saturated carbocycles. The Labute approximate surface area is 146 Å². The third kappa shape index (κ3) is 4.96. The molecule has 22 heavy (non-hydrogen) atoms. The largest absolute Gasteiger partial charge is 0.305 e. The van der Waals surface area contributed by atoms with Gasteiger partial charge in [0.05, 0.1) is 0 Å². The first-order chi connectivity index (χ1) is 10.3. The molecular formula is C16H32Cl2N4. The van der Waals surface area contributed by atoms with Gasteiger partial charge < -0.3 is 14.7 Å². The third-order valence-corrected chi connectivity index (χ3v) is 6.25. The van der Waals surface area contributed by atoms with E-state index < -0.39 is 4.46 Å². The van der Waals surface area contributed by atoms with Crippen LogP contribution in [0.2, 0.25) is 0 Å². The first-order valence-corrected chi connectivity index (χ1v) is 9.27. The monoisotopic (exact) mass is 350 g/mol. The number of rotatable bonds is 0. The van der Waals surface area contributed by atoms with Crippen LogP contribution in [0.1, 0.15) is 13.8 Å². The van der Waals surface area contributed by atoms with Crippen molar-refractivity contribution in [2.75, 3.05) is 73.0 Å². The lowest BCUT2D eigenvalue weighted by molar-refractivity contribution is 0.0764. The fourth-order valence-corrected chi connectivity index (χ4v) is 4.15. The maximum Gasteiger partial charge on any atom is 0.175 e. The molecule has 2 aliphatic rings. The van der Waals surface area contributed by atoms with Crippen molar-refractivity contribution >= 4 is 23.2 Å². The summed E-state index contributed by atoms with van der Waals surface area (Å²) >= 11 is 13.6. The summed E-state index contributed by atoms with van der Waals surface area (Å²) in [4.78, 5) is 9.63. The molecule has 0 aromatic carbocycles. The van der Waals surface area contributed by atoms with Crippen LogP contribution in [-0.2, 0) is 0 Å². The first-order valence-electron chi connectivity index (χ1n) is 8.51. The summed E-state index contributed by atoms with van der Waals surface area (Å²) in [6, 6.07) is 0. The van der Waals surface area contributed by atoms with E-state index in [1.54, 1.807) is 0 Å². The highest BCUT2D eigenvalue weighted by Gasteiger charge is 2.39. The average Bonchev–Trinajstić information content (AvgIpc) is 2.42. The summed E-state index contributed by atoms with van der Waals surface area (Å²) in [5.41, 5.74) is 0. The van der Waals surface area contributed by atoms with Crippen LogP contribution in [0.15, 0.2) is 0 Å². The van der Waals surface area contributed by atoms with Crippen molar-refractivity contribution in [2.45, 2.75) is 18.3 Å². The minimum absolute atomic E-state index is 0.222. The lowest BCUT2D eigenvalue weighted by atomic mass is 10.1. The standard InChI is InChI=1S/C16H32Cl2N4/c1-14-11-19(3)6-9-22-10-8-21(12-14)7-5-20(4)13-15(2)16(22,17)18/h14-15H,5-13H2,1-4H3. The second kappa shape index (κ2) is 8.00. The number of alkyl halides is 2. The second-order valence-electron chi connectivity index (χ2n) is 7.41. The number of hydrogen-bond donors (Lipinski definition) is 0. The summed E-state index contributed by atoms with van der Waals surface area (Å²) < 4.78 is -0.789. The van der Waals surface area contributed by atoms with Crippen molar-refractivity contribution in [3.05, 3.63) is 0 Å². The van der Waals surface area contributed by atoms with Gasteiger partial charge in [-0.05, 0) is 20.0 Å². The molecule has 4 nitrogen and oxygen atoms in total. The van der Waals surface area contributed by atoms with Gasteiger partial charge in [0.1, 0.15) is 0 Å². The van der Waals surface area contributed by atoms with E-state index in [2.05, 4.69) is 47.5 Å². The molecular weight excluding hydrogens is 319 g/mol. The molecule has 2 aliphatic heterocycles. The molecule has 0 aliphatic carbocycles. The topological polar surface area (TPSA) is 13.0 Å². The SMILES string of the molecule is CC1CN(C)CCN2CCN(CCN(C)CC(C)C2(Cl)Cl)C1. The summed E-state index contributed by atoms with van der Waals surface area (Å²) in [5, 5.41) is 0. The summed E-state index contributed by atoms with van der Waals surface area (Å²) in [7, 11) is 4.38. The molecule has 0 aromatic rings. The molecule has 6 heteroatoms. The molecule has 0 amide bonds. The lowest BCUT2D eigenvalue weighted by Crippen LogP contribution is -2.55. The van der Waals surface area contributed by atoms with Crippen molar-refractivity contribution < 1.29 is 0 Å². The van der Waals surface area contributed by atoms with Gasteiger partial charge in [0.25, 0.3) is 0 Å². The Morgan fingerprint density at radius 3 is 2.05 bits per heavy atom. The van der Waals surface area contributed by atoms with Gasteiger partial charge in [-0.1, -0.05) is 37.0 Å². The molecule has 4 atom stereocenters. The molecule has 0 N–H and O–H groups in total. The summed E-state index contributed by atoms with van der Waals surface area (Å²) in [6.45, 7) is 13.9. The Morgan fingerprint density at radius 2 is 1.32 bits per heavy atom. The molecule has 2 bridgehead atoms. The van der Waals surface area contributed by atoms with Crippen LogP contribution in [0.3, 0.4) is 0 Å². The van der Waals surface area contributed by atoms with Gasteiger partial charge in [0.15, 0.2) is 4.46 Å². The molecule has 2 saturated heterocycles. The maximum absolute atomic E-state index is 6.81. The molecule has 0 aromatic heterocycles. The van der Waals surface area contributed by atoms with Crippen LogP contribution in [0.4, 0.5) is 0 Å². The number of fused-ring (bicyclic) bond motifs is 3. The quantitative estimate of drug-likeness (QED) is 0.488. The zero-order valence-corrected chi connectivity index (χ0v) is 16.1. The zero-order chi connectivity index (χ0) is 16.3.